The molecular weight excluding hydrogens is 372 g/mol. The van der Waals surface area contributed by atoms with Gasteiger partial charge in [-0.05, 0) is 43.4 Å². The first-order chi connectivity index (χ1) is 13.0. The van der Waals surface area contributed by atoms with Crippen LogP contribution in [0.4, 0.5) is 0 Å². The summed E-state index contributed by atoms with van der Waals surface area (Å²) >= 11 is 0. The molecule has 1 amide bonds. The van der Waals surface area contributed by atoms with E-state index in [1.807, 2.05) is 30.1 Å². The van der Waals surface area contributed by atoms with Gasteiger partial charge in [0.15, 0.2) is 0 Å². The van der Waals surface area contributed by atoms with Crippen molar-refractivity contribution in [1.82, 2.24) is 4.90 Å². The molecule has 0 saturated heterocycles. The van der Waals surface area contributed by atoms with Gasteiger partial charge < -0.3 is 15.4 Å². The van der Waals surface area contributed by atoms with Crippen LogP contribution >= 0.6 is 12.4 Å². The second-order valence-electron chi connectivity index (χ2n) is 7.57. The second-order valence-corrected chi connectivity index (χ2v) is 7.57. The number of hydrogen-bond acceptors (Lipinski definition) is 3. The van der Waals surface area contributed by atoms with Crippen LogP contribution in [-0.2, 0) is 4.79 Å². The van der Waals surface area contributed by atoms with Crippen molar-refractivity contribution in [2.45, 2.75) is 44.7 Å². The molecule has 4 nitrogen and oxygen atoms in total. The summed E-state index contributed by atoms with van der Waals surface area (Å²) in [6, 6.07) is 16.6. The Morgan fingerprint density at radius 1 is 1.14 bits per heavy atom. The number of halogens is 1. The van der Waals surface area contributed by atoms with Crippen LogP contribution in [0.5, 0.6) is 5.75 Å². The lowest BCUT2D eigenvalue weighted by Crippen LogP contribution is -2.39. The third-order valence-electron chi connectivity index (χ3n) is 5.80. The minimum atomic E-state index is 0. The molecule has 28 heavy (non-hydrogen) atoms. The van der Waals surface area contributed by atoms with Gasteiger partial charge in [-0.3, -0.25) is 4.79 Å². The fourth-order valence-electron chi connectivity index (χ4n) is 3.98. The molecule has 5 heteroatoms. The smallest absolute Gasteiger partial charge is 0.225 e. The van der Waals surface area contributed by atoms with Crippen LogP contribution in [0, 0.1) is 5.92 Å². The molecule has 1 aliphatic carbocycles. The molecule has 0 heterocycles. The molecule has 0 radical (unpaired) electrons. The van der Waals surface area contributed by atoms with Crippen molar-refractivity contribution in [3.63, 3.8) is 0 Å². The van der Waals surface area contributed by atoms with Crippen LogP contribution in [0.15, 0.2) is 48.5 Å². The van der Waals surface area contributed by atoms with E-state index in [2.05, 4.69) is 37.3 Å². The lowest BCUT2D eigenvalue weighted by Gasteiger charge is -2.32. The summed E-state index contributed by atoms with van der Waals surface area (Å²) < 4.78 is 5.46. The maximum Gasteiger partial charge on any atom is 0.225 e. The van der Waals surface area contributed by atoms with Gasteiger partial charge in [-0.15, -0.1) is 12.4 Å². The van der Waals surface area contributed by atoms with E-state index < -0.39 is 0 Å². The first-order valence-corrected chi connectivity index (χ1v) is 9.77. The van der Waals surface area contributed by atoms with Gasteiger partial charge in [-0.1, -0.05) is 48.9 Å². The van der Waals surface area contributed by atoms with E-state index in [1.165, 1.54) is 0 Å². The molecule has 2 N–H and O–H groups in total. The summed E-state index contributed by atoms with van der Waals surface area (Å²) in [5, 5.41) is 0. The summed E-state index contributed by atoms with van der Waals surface area (Å²) in [5.41, 5.74) is 9.37. The van der Waals surface area contributed by atoms with Gasteiger partial charge in [0.05, 0.1) is 13.2 Å². The van der Waals surface area contributed by atoms with Crippen molar-refractivity contribution < 1.29 is 9.53 Å². The van der Waals surface area contributed by atoms with Crippen molar-refractivity contribution >= 4 is 18.3 Å². The molecular formula is C23H31ClN2O2. The van der Waals surface area contributed by atoms with Gasteiger partial charge >= 0.3 is 0 Å². The average Bonchev–Trinajstić information content (AvgIpc) is 2.72. The van der Waals surface area contributed by atoms with Crippen LogP contribution in [-0.4, -0.2) is 31.0 Å². The Hall–Kier alpha value is -2.04. The summed E-state index contributed by atoms with van der Waals surface area (Å²) in [6.07, 6.45) is 3.85. The number of rotatable bonds is 5. The SMILES string of the molecule is COc1ccccc1-c1ccc(C(C)N(C)C(=O)C2CCCC(N)C2)cc1.Cl. The van der Waals surface area contributed by atoms with Crippen molar-refractivity contribution in [2.24, 2.45) is 11.7 Å². The molecule has 1 fully saturated rings. The lowest BCUT2D eigenvalue weighted by atomic mass is 9.85. The molecule has 0 bridgehead atoms. The number of hydrogen-bond donors (Lipinski definition) is 1. The Morgan fingerprint density at radius 2 is 1.82 bits per heavy atom. The molecule has 1 saturated carbocycles. The van der Waals surface area contributed by atoms with E-state index in [0.717, 1.165) is 48.1 Å². The molecule has 0 aliphatic heterocycles. The highest BCUT2D eigenvalue weighted by Gasteiger charge is 2.29. The highest BCUT2D eigenvalue weighted by molar-refractivity contribution is 5.85. The third kappa shape index (κ3) is 4.86. The van der Waals surface area contributed by atoms with Crippen LogP contribution in [0.3, 0.4) is 0 Å². The fraction of sp³-hybridized carbons (Fsp3) is 0.435. The van der Waals surface area contributed by atoms with E-state index in [9.17, 15) is 4.79 Å². The van der Waals surface area contributed by atoms with E-state index in [-0.39, 0.29) is 36.3 Å². The highest BCUT2D eigenvalue weighted by Crippen LogP contribution is 2.32. The number of amides is 1. The van der Waals surface area contributed by atoms with Crippen molar-refractivity contribution in [3.8, 4) is 16.9 Å². The summed E-state index contributed by atoms with van der Waals surface area (Å²) in [5.74, 6) is 1.14. The van der Waals surface area contributed by atoms with E-state index in [0.29, 0.717) is 0 Å². The van der Waals surface area contributed by atoms with Crippen LogP contribution < -0.4 is 10.5 Å². The van der Waals surface area contributed by atoms with Crippen LogP contribution in [0.1, 0.15) is 44.2 Å². The van der Waals surface area contributed by atoms with Crippen LogP contribution in [0.2, 0.25) is 0 Å². The number of nitrogens with two attached hydrogens (primary N) is 1. The summed E-state index contributed by atoms with van der Waals surface area (Å²) in [6.45, 7) is 2.08. The number of carbonyl (C=O) groups is 1. The number of methoxy groups -OCH3 is 1. The van der Waals surface area contributed by atoms with Gasteiger partial charge in [0.2, 0.25) is 5.91 Å². The van der Waals surface area contributed by atoms with Gasteiger partial charge in [0, 0.05) is 24.6 Å². The second kappa shape index (κ2) is 9.94. The molecule has 2 aromatic rings. The van der Waals surface area contributed by atoms with Gasteiger partial charge in [-0.2, -0.15) is 0 Å². The maximum atomic E-state index is 12.9. The lowest BCUT2D eigenvalue weighted by molar-refractivity contribution is -0.137. The van der Waals surface area contributed by atoms with Gasteiger partial charge in [0.1, 0.15) is 5.75 Å². The monoisotopic (exact) mass is 402 g/mol. The third-order valence-corrected chi connectivity index (χ3v) is 5.80. The normalized spacial score (nSPS) is 20.0. The Kier molecular flexibility index (Phi) is 7.90. The topological polar surface area (TPSA) is 55.6 Å². The van der Waals surface area contributed by atoms with E-state index in [4.69, 9.17) is 10.5 Å². The molecule has 0 aromatic heterocycles. The van der Waals surface area contributed by atoms with Crippen molar-refractivity contribution in [3.05, 3.63) is 54.1 Å². The Labute approximate surface area is 174 Å². The number of nitrogens with zero attached hydrogens (tertiary/aromatic N) is 1. The largest absolute Gasteiger partial charge is 0.496 e. The molecule has 0 spiro atoms. The van der Waals surface area contributed by atoms with Crippen molar-refractivity contribution in [2.75, 3.05) is 14.2 Å². The Bertz CT molecular complexity index is 778. The standard InChI is InChI=1S/C23H30N2O2.ClH/c1-16(25(2)23(26)19-7-6-8-20(24)15-19)17-11-13-18(14-12-17)21-9-4-5-10-22(21)27-3;/h4-5,9-14,16,19-20H,6-8,15,24H2,1-3H3;1H. The summed E-state index contributed by atoms with van der Waals surface area (Å²) in [4.78, 5) is 14.8. The summed E-state index contributed by atoms with van der Waals surface area (Å²) in [7, 11) is 3.59. The molecule has 3 unspecified atom stereocenters. The molecule has 152 valence electrons. The molecule has 3 atom stereocenters. The predicted molar refractivity (Wildman–Crippen MR) is 117 cm³/mol. The van der Waals surface area contributed by atoms with Gasteiger partial charge in [-0.25, -0.2) is 0 Å². The first-order valence-electron chi connectivity index (χ1n) is 9.77. The Balaban J connectivity index is 0.00000280. The van der Waals surface area contributed by atoms with Gasteiger partial charge in [0.25, 0.3) is 0 Å². The first kappa shape index (κ1) is 22.3. The number of ether oxygens (including phenoxy) is 1. The quantitative estimate of drug-likeness (QED) is 0.779. The maximum absolute atomic E-state index is 12.9. The van der Waals surface area contributed by atoms with E-state index in [1.54, 1.807) is 7.11 Å². The minimum absolute atomic E-state index is 0. The zero-order valence-electron chi connectivity index (χ0n) is 16.9. The van der Waals surface area contributed by atoms with E-state index >= 15 is 0 Å². The minimum Gasteiger partial charge on any atom is -0.496 e. The van der Waals surface area contributed by atoms with Crippen LogP contribution in [0.25, 0.3) is 11.1 Å². The number of para-hydroxylation sites is 1. The highest BCUT2D eigenvalue weighted by atomic mass is 35.5. The number of carbonyl (C=O) groups excluding carboxylic acids is 1. The fourth-order valence-corrected chi connectivity index (χ4v) is 3.98. The van der Waals surface area contributed by atoms with Crippen molar-refractivity contribution in [1.29, 1.82) is 0 Å². The predicted octanol–water partition coefficient (Wildman–Crippen LogP) is 4.82. The Morgan fingerprint density at radius 3 is 2.46 bits per heavy atom. The molecule has 1 aliphatic rings. The molecule has 2 aromatic carbocycles. The number of benzene rings is 2. The average molecular weight is 403 g/mol. The molecule has 3 rings (SSSR count). The zero-order valence-corrected chi connectivity index (χ0v) is 17.7. The zero-order chi connectivity index (χ0) is 19.4.